The molecule has 4 heteroatoms. The van der Waals surface area contributed by atoms with Crippen LogP contribution in [0.5, 0.6) is 0 Å². The van der Waals surface area contributed by atoms with Crippen LogP contribution in [0.25, 0.3) is 0 Å². The highest BCUT2D eigenvalue weighted by molar-refractivity contribution is 5.65. The number of aliphatic hydroxyl groups excluding tert-OH is 1. The second-order valence-corrected chi connectivity index (χ2v) is 2.59. The molecule has 0 amide bonds. The molecule has 0 saturated heterocycles. The second kappa shape index (κ2) is 4.23. The van der Waals surface area contributed by atoms with Crippen molar-refractivity contribution in [1.82, 2.24) is 0 Å². The first-order chi connectivity index (χ1) is 5.70. The van der Waals surface area contributed by atoms with Crippen molar-refractivity contribution in [3.63, 3.8) is 0 Å². The minimum Gasteiger partial charge on any atom is -0.463 e. The van der Waals surface area contributed by atoms with Crippen LogP contribution in [-0.2, 0) is 14.3 Å². The van der Waals surface area contributed by atoms with E-state index in [-0.39, 0.29) is 12.6 Å². The average Bonchev–Trinajstić information content (AvgIpc) is 2.03. The number of esters is 1. The quantitative estimate of drug-likeness (QED) is 0.465. The molecule has 12 heavy (non-hydrogen) atoms. The van der Waals surface area contributed by atoms with E-state index in [1.165, 1.54) is 6.92 Å². The minimum atomic E-state index is -0.668. The van der Waals surface area contributed by atoms with E-state index in [0.29, 0.717) is 6.61 Å². The SMILES string of the molecule is CC(=O)OCC1OCC=CC1O. The fourth-order valence-electron chi connectivity index (χ4n) is 0.943. The van der Waals surface area contributed by atoms with Gasteiger partial charge in [0.15, 0.2) is 0 Å². The number of hydrogen-bond donors (Lipinski definition) is 1. The number of hydrogen-bond acceptors (Lipinski definition) is 4. The van der Waals surface area contributed by atoms with Gasteiger partial charge in [-0.05, 0) is 0 Å². The Balaban J connectivity index is 2.31. The molecule has 0 spiro atoms. The normalized spacial score (nSPS) is 28.5. The summed E-state index contributed by atoms with van der Waals surface area (Å²) in [5, 5.41) is 9.28. The van der Waals surface area contributed by atoms with Crippen LogP contribution < -0.4 is 0 Å². The van der Waals surface area contributed by atoms with Crippen molar-refractivity contribution >= 4 is 5.97 Å². The molecule has 0 radical (unpaired) electrons. The Bertz CT molecular complexity index is 187. The highest BCUT2D eigenvalue weighted by atomic mass is 16.6. The smallest absolute Gasteiger partial charge is 0.302 e. The van der Waals surface area contributed by atoms with Crippen LogP contribution in [0.1, 0.15) is 6.92 Å². The number of ether oxygens (including phenoxy) is 2. The van der Waals surface area contributed by atoms with Crippen molar-refractivity contribution in [2.45, 2.75) is 19.1 Å². The van der Waals surface area contributed by atoms with Crippen molar-refractivity contribution in [3.8, 4) is 0 Å². The van der Waals surface area contributed by atoms with E-state index in [0.717, 1.165) is 0 Å². The lowest BCUT2D eigenvalue weighted by atomic mass is 10.1. The van der Waals surface area contributed by atoms with Crippen LogP contribution in [0.4, 0.5) is 0 Å². The second-order valence-electron chi connectivity index (χ2n) is 2.59. The van der Waals surface area contributed by atoms with Gasteiger partial charge in [0.05, 0.1) is 6.61 Å². The molecule has 1 aliphatic heterocycles. The Morgan fingerprint density at radius 3 is 3.17 bits per heavy atom. The molecule has 2 atom stereocenters. The van der Waals surface area contributed by atoms with Crippen molar-refractivity contribution < 1.29 is 19.4 Å². The van der Waals surface area contributed by atoms with Gasteiger partial charge in [-0.1, -0.05) is 12.2 Å². The maximum atomic E-state index is 10.4. The van der Waals surface area contributed by atoms with Crippen LogP contribution >= 0.6 is 0 Å². The lowest BCUT2D eigenvalue weighted by Gasteiger charge is -2.23. The molecular weight excluding hydrogens is 160 g/mol. The lowest BCUT2D eigenvalue weighted by molar-refractivity contribution is -0.147. The zero-order chi connectivity index (χ0) is 8.97. The number of carbonyl (C=O) groups is 1. The predicted molar refractivity (Wildman–Crippen MR) is 41.5 cm³/mol. The van der Waals surface area contributed by atoms with Crippen LogP contribution in [0, 0.1) is 0 Å². The molecule has 0 aromatic carbocycles. The number of rotatable bonds is 2. The van der Waals surface area contributed by atoms with E-state index in [1.54, 1.807) is 12.2 Å². The van der Waals surface area contributed by atoms with Crippen LogP contribution in [0.2, 0.25) is 0 Å². The van der Waals surface area contributed by atoms with Gasteiger partial charge in [0, 0.05) is 6.92 Å². The van der Waals surface area contributed by atoms with Crippen molar-refractivity contribution in [1.29, 1.82) is 0 Å². The summed E-state index contributed by atoms with van der Waals surface area (Å²) in [7, 11) is 0. The first-order valence-electron chi connectivity index (χ1n) is 3.80. The Labute approximate surface area is 70.8 Å². The van der Waals surface area contributed by atoms with Gasteiger partial charge < -0.3 is 14.6 Å². The molecule has 0 saturated carbocycles. The molecule has 0 aliphatic carbocycles. The topological polar surface area (TPSA) is 55.8 Å². The Kier molecular flexibility index (Phi) is 3.25. The van der Waals surface area contributed by atoms with Crippen molar-refractivity contribution in [2.75, 3.05) is 13.2 Å². The molecule has 1 N–H and O–H groups in total. The van der Waals surface area contributed by atoms with Crippen LogP contribution in [0.15, 0.2) is 12.2 Å². The van der Waals surface area contributed by atoms with Crippen molar-refractivity contribution in [3.05, 3.63) is 12.2 Å². The average molecular weight is 172 g/mol. The maximum Gasteiger partial charge on any atom is 0.302 e. The van der Waals surface area contributed by atoms with Gasteiger partial charge in [-0.3, -0.25) is 4.79 Å². The first-order valence-corrected chi connectivity index (χ1v) is 3.80. The largest absolute Gasteiger partial charge is 0.463 e. The molecular formula is C8H12O4. The summed E-state index contributed by atoms with van der Waals surface area (Å²) in [6.45, 7) is 1.90. The van der Waals surface area contributed by atoms with Gasteiger partial charge in [-0.2, -0.15) is 0 Å². The highest BCUT2D eigenvalue weighted by Crippen LogP contribution is 2.07. The molecule has 2 unspecified atom stereocenters. The van der Waals surface area contributed by atoms with E-state index in [9.17, 15) is 9.90 Å². The van der Waals surface area contributed by atoms with E-state index in [1.807, 2.05) is 0 Å². The van der Waals surface area contributed by atoms with E-state index >= 15 is 0 Å². The molecule has 1 heterocycles. The summed E-state index contributed by atoms with van der Waals surface area (Å²) >= 11 is 0. The van der Waals surface area contributed by atoms with Crippen molar-refractivity contribution in [2.24, 2.45) is 0 Å². The summed E-state index contributed by atoms with van der Waals surface area (Å²) in [5.41, 5.74) is 0. The Morgan fingerprint density at radius 2 is 2.58 bits per heavy atom. The summed E-state index contributed by atoms with van der Waals surface area (Å²) in [6.07, 6.45) is 2.28. The molecule has 1 aliphatic rings. The molecule has 4 nitrogen and oxygen atoms in total. The fourth-order valence-corrected chi connectivity index (χ4v) is 0.943. The Hall–Kier alpha value is -0.870. The van der Waals surface area contributed by atoms with Gasteiger partial charge in [0.25, 0.3) is 0 Å². The summed E-state index contributed by atoms with van der Waals surface area (Å²) < 4.78 is 9.82. The van der Waals surface area contributed by atoms with E-state index < -0.39 is 12.2 Å². The van der Waals surface area contributed by atoms with Crippen LogP contribution in [-0.4, -0.2) is 36.5 Å². The van der Waals surface area contributed by atoms with Gasteiger partial charge in [-0.15, -0.1) is 0 Å². The molecule has 0 aromatic rings. The van der Waals surface area contributed by atoms with Gasteiger partial charge >= 0.3 is 5.97 Å². The zero-order valence-electron chi connectivity index (χ0n) is 6.90. The molecule has 0 bridgehead atoms. The molecule has 68 valence electrons. The van der Waals surface area contributed by atoms with Gasteiger partial charge in [0.1, 0.15) is 18.8 Å². The first kappa shape index (κ1) is 9.22. The monoisotopic (exact) mass is 172 g/mol. The lowest BCUT2D eigenvalue weighted by Crippen LogP contribution is -2.35. The summed E-state index contributed by atoms with van der Waals surface area (Å²) in [5.74, 6) is -0.361. The molecule has 0 fully saturated rings. The third kappa shape index (κ3) is 2.64. The third-order valence-electron chi connectivity index (χ3n) is 1.57. The number of aliphatic hydroxyl groups is 1. The maximum absolute atomic E-state index is 10.4. The number of carbonyl (C=O) groups excluding carboxylic acids is 1. The standard InChI is InChI=1S/C8H12O4/c1-6(9)12-5-8-7(10)3-2-4-11-8/h2-3,7-8,10H,4-5H2,1H3. The minimum absolute atomic E-state index is 0.112. The summed E-state index contributed by atoms with van der Waals surface area (Å²) in [6, 6.07) is 0. The van der Waals surface area contributed by atoms with E-state index in [2.05, 4.69) is 0 Å². The van der Waals surface area contributed by atoms with E-state index in [4.69, 9.17) is 9.47 Å². The predicted octanol–water partition coefficient (Wildman–Crippen LogP) is -0.135. The highest BCUT2D eigenvalue weighted by Gasteiger charge is 2.20. The Morgan fingerprint density at radius 1 is 1.83 bits per heavy atom. The third-order valence-corrected chi connectivity index (χ3v) is 1.57. The van der Waals surface area contributed by atoms with Gasteiger partial charge in [0.2, 0.25) is 0 Å². The zero-order valence-corrected chi connectivity index (χ0v) is 6.90. The fraction of sp³-hybridized carbons (Fsp3) is 0.625. The molecule has 0 aromatic heterocycles. The van der Waals surface area contributed by atoms with Crippen LogP contribution in [0.3, 0.4) is 0 Å². The molecule has 1 rings (SSSR count). The summed E-state index contributed by atoms with van der Waals surface area (Å²) in [4.78, 5) is 10.4. The van der Waals surface area contributed by atoms with Gasteiger partial charge in [-0.25, -0.2) is 0 Å².